The summed E-state index contributed by atoms with van der Waals surface area (Å²) >= 11 is 0. The highest BCUT2D eigenvalue weighted by atomic mass is 16.5. The molecule has 0 radical (unpaired) electrons. The van der Waals surface area contributed by atoms with Crippen LogP contribution in [0.25, 0.3) is 0 Å². The number of imidazole rings is 1. The minimum atomic E-state index is 0.263. The number of nitrogens with two attached hydrogens (primary N) is 1. The molecule has 0 aromatic carbocycles. The Morgan fingerprint density at radius 1 is 1.50 bits per heavy atom. The standard InChI is InChI=1S/C13H24N4O/c1-3-18-8-4-6-16-7-5-15-13(16)17-9-11(2)12(14)10-17/h5,7,11-12H,3-4,6,8-10,14H2,1-2H3. The number of anilines is 1. The van der Waals surface area contributed by atoms with E-state index in [4.69, 9.17) is 10.5 Å². The van der Waals surface area contributed by atoms with Crippen molar-refractivity contribution in [1.29, 1.82) is 0 Å². The third kappa shape index (κ3) is 3.03. The fourth-order valence-corrected chi connectivity index (χ4v) is 2.40. The van der Waals surface area contributed by atoms with E-state index in [0.29, 0.717) is 5.92 Å². The van der Waals surface area contributed by atoms with Crippen molar-refractivity contribution in [2.24, 2.45) is 11.7 Å². The molecule has 0 amide bonds. The smallest absolute Gasteiger partial charge is 0.205 e. The zero-order valence-electron chi connectivity index (χ0n) is 11.4. The summed E-state index contributed by atoms with van der Waals surface area (Å²) in [6.45, 7) is 8.69. The molecule has 102 valence electrons. The van der Waals surface area contributed by atoms with Crippen LogP contribution >= 0.6 is 0 Å². The molecule has 2 heterocycles. The maximum Gasteiger partial charge on any atom is 0.205 e. The highest BCUT2D eigenvalue weighted by molar-refractivity contribution is 5.34. The third-order valence-corrected chi connectivity index (χ3v) is 3.54. The van der Waals surface area contributed by atoms with E-state index >= 15 is 0 Å². The van der Waals surface area contributed by atoms with Gasteiger partial charge in [0, 0.05) is 51.3 Å². The molecule has 1 aromatic heterocycles. The fraction of sp³-hybridized carbons (Fsp3) is 0.769. The number of nitrogens with zero attached hydrogens (tertiary/aromatic N) is 3. The van der Waals surface area contributed by atoms with Crippen molar-refractivity contribution in [3.05, 3.63) is 12.4 Å². The van der Waals surface area contributed by atoms with Gasteiger partial charge in [0.05, 0.1) is 0 Å². The Bertz CT molecular complexity index is 356. The van der Waals surface area contributed by atoms with Crippen LogP contribution in [0.4, 0.5) is 5.95 Å². The Kier molecular flexibility index (Phi) is 4.60. The molecule has 0 bridgehead atoms. The molecule has 2 rings (SSSR count). The molecule has 1 saturated heterocycles. The second-order valence-electron chi connectivity index (χ2n) is 5.02. The van der Waals surface area contributed by atoms with Crippen molar-refractivity contribution in [3.8, 4) is 0 Å². The first-order valence-corrected chi connectivity index (χ1v) is 6.81. The molecule has 1 aliphatic rings. The number of rotatable bonds is 6. The zero-order chi connectivity index (χ0) is 13.0. The van der Waals surface area contributed by atoms with E-state index < -0.39 is 0 Å². The van der Waals surface area contributed by atoms with E-state index in [2.05, 4.69) is 21.4 Å². The first-order valence-electron chi connectivity index (χ1n) is 6.81. The molecule has 2 N–H and O–H groups in total. The number of hydrogen-bond acceptors (Lipinski definition) is 4. The van der Waals surface area contributed by atoms with Crippen LogP contribution in [0.1, 0.15) is 20.3 Å². The molecular formula is C13H24N4O. The topological polar surface area (TPSA) is 56.3 Å². The Labute approximate surface area is 109 Å². The predicted molar refractivity (Wildman–Crippen MR) is 72.7 cm³/mol. The van der Waals surface area contributed by atoms with Gasteiger partial charge < -0.3 is 19.9 Å². The molecule has 2 unspecified atom stereocenters. The van der Waals surface area contributed by atoms with Crippen LogP contribution in [0.2, 0.25) is 0 Å². The van der Waals surface area contributed by atoms with Crippen molar-refractivity contribution < 1.29 is 4.74 Å². The molecule has 1 aromatic rings. The van der Waals surface area contributed by atoms with Gasteiger partial charge in [0.1, 0.15) is 0 Å². The van der Waals surface area contributed by atoms with Gasteiger partial charge in [-0.05, 0) is 19.3 Å². The van der Waals surface area contributed by atoms with Gasteiger partial charge in [-0.1, -0.05) is 6.92 Å². The van der Waals surface area contributed by atoms with Gasteiger partial charge in [-0.2, -0.15) is 0 Å². The quantitative estimate of drug-likeness (QED) is 0.770. The molecule has 0 aliphatic carbocycles. The van der Waals surface area contributed by atoms with Crippen molar-refractivity contribution >= 4 is 5.95 Å². The second-order valence-corrected chi connectivity index (χ2v) is 5.02. The molecular weight excluding hydrogens is 228 g/mol. The Balaban J connectivity index is 1.91. The molecule has 0 saturated carbocycles. The average molecular weight is 252 g/mol. The molecule has 5 heteroatoms. The SMILES string of the molecule is CCOCCCn1ccnc1N1CC(C)C(N)C1. The lowest BCUT2D eigenvalue weighted by Crippen LogP contribution is -2.29. The summed E-state index contributed by atoms with van der Waals surface area (Å²) in [5, 5.41) is 0. The number of aromatic nitrogens is 2. The van der Waals surface area contributed by atoms with E-state index in [1.807, 2.05) is 19.3 Å². The van der Waals surface area contributed by atoms with Gasteiger partial charge in [-0.25, -0.2) is 4.98 Å². The summed E-state index contributed by atoms with van der Waals surface area (Å²) < 4.78 is 7.56. The van der Waals surface area contributed by atoms with Crippen LogP contribution in [0.5, 0.6) is 0 Å². The Morgan fingerprint density at radius 2 is 2.33 bits per heavy atom. The summed E-state index contributed by atoms with van der Waals surface area (Å²) in [5.41, 5.74) is 6.07. The van der Waals surface area contributed by atoms with Crippen molar-refractivity contribution in [3.63, 3.8) is 0 Å². The molecule has 5 nitrogen and oxygen atoms in total. The minimum absolute atomic E-state index is 0.263. The van der Waals surface area contributed by atoms with E-state index in [1.165, 1.54) is 0 Å². The highest BCUT2D eigenvalue weighted by Gasteiger charge is 2.28. The normalized spacial score (nSPS) is 23.8. The monoisotopic (exact) mass is 252 g/mol. The van der Waals surface area contributed by atoms with Gasteiger partial charge in [-0.15, -0.1) is 0 Å². The van der Waals surface area contributed by atoms with E-state index in [1.54, 1.807) is 0 Å². The molecule has 18 heavy (non-hydrogen) atoms. The summed E-state index contributed by atoms with van der Waals surface area (Å²) in [6.07, 6.45) is 4.92. The van der Waals surface area contributed by atoms with Crippen molar-refractivity contribution in [2.45, 2.75) is 32.9 Å². The summed E-state index contributed by atoms with van der Waals surface area (Å²) in [5.74, 6) is 1.59. The highest BCUT2D eigenvalue weighted by Crippen LogP contribution is 2.21. The maximum atomic E-state index is 6.07. The third-order valence-electron chi connectivity index (χ3n) is 3.54. The predicted octanol–water partition coefficient (Wildman–Crippen LogP) is 1.09. The first kappa shape index (κ1) is 13.4. The van der Waals surface area contributed by atoms with Crippen LogP contribution in [0.3, 0.4) is 0 Å². The van der Waals surface area contributed by atoms with Crippen LogP contribution in [-0.2, 0) is 11.3 Å². The van der Waals surface area contributed by atoms with Crippen LogP contribution in [0.15, 0.2) is 12.4 Å². The summed E-state index contributed by atoms with van der Waals surface area (Å²) in [4.78, 5) is 6.75. The van der Waals surface area contributed by atoms with Gasteiger partial charge in [0.2, 0.25) is 5.95 Å². The van der Waals surface area contributed by atoms with E-state index in [0.717, 1.165) is 45.2 Å². The largest absolute Gasteiger partial charge is 0.382 e. The molecule has 0 spiro atoms. The lowest BCUT2D eigenvalue weighted by molar-refractivity contribution is 0.141. The Morgan fingerprint density at radius 3 is 3.00 bits per heavy atom. The van der Waals surface area contributed by atoms with Crippen molar-refractivity contribution in [1.82, 2.24) is 9.55 Å². The second kappa shape index (κ2) is 6.20. The lowest BCUT2D eigenvalue weighted by Gasteiger charge is -2.18. The number of ether oxygens (including phenoxy) is 1. The van der Waals surface area contributed by atoms with Gasteiger partial charge in [0.25, 0.3) is 0 Å². The van der Waals surface area contributed by atoms with Crippen LogP contribution in [0, 0.1) is 5.92 Å². The summed E-state index contributed by atoms with van der Waals surface area (Å²) in [7, 11) is 0. The first-order chi connectivity index (χ1) is 8.72. The van der Waals surface area contributed by atoms with E-state index in [-0.39, 0.29) is 6.04 Å². The zero-order valence-corrected chi connectivity index (χ0v) is 11.4. The summed E-state index contributed by atoms with van der Waals surface area (Å²) in [6, 6.07) is 0.263. The Hall–Kier alpha value is -1.07. The number of hydrogen-bond donors (Lipinski definition) is 1. The molecule has 2 atom stereocenters. The fourth-order valence-electron chi connectivity index (χ4n) is 2.40. The molecule has 1 aliphatic heterocycles. The minimum Gasteiger partial charge on any atom is -0.382 e. The maximum absolute atomic E-state index is 6.07. The van der Waals surface area contributed by atoms with Crippen molar-refractivity contribution in [2.75, 3.05) is 31.2 Å². The van der Waals surface area contributed by atoms with Gasteiger partial charge in [-0.3, -0.25) is 0 Å². The van der Waals surface area contributed by atoms with Gasteiger partial charge in [0.15, 0.2) is 0 Å². The van der Waals surface area contributed by atoms with Gasteiger partial charge >= 0.3 is 0 Å². The number of aryl methyl sites for hydroxylation is 1. The molecule has 1 fully saturated rings. The van der Waals surface area contributed by atoms with Crippen LogP contribution in [-0.4, -0.2) is 41.9 Å². The average Bonchev–Trinajstić information content (AvgIpc) is 2.93. The van der Waals surface area contributed by atoms with Crippen LogP contribution < -0.4 is 10.6 Å². The lowest BCUT2D eigenvalue weighted by atomic mass is 10.1. The van der Waals surface area contributed by atoms with E-state index in [9.17, 15) is 0 Å².